The van der Waals surface area contributed by atoms with Crippen LogP contribution < -0.4 is 0 Å². The van der Waals surface area contributed by atoms with Gasteiger partial charge in [0.05, 0.1) is 0 Å². The molecule has 2 heteroatoms. The van der Waals surface area contributed by atoms with Gasteiger partial charge in [0.2, 0.25) is 0 Å². The molecule has 0 radical (unpaired) electrons. The molecule has 2 aromatic rings. The van der Waals surface area contributed by atoms with Gasteiger partial charge in [0, 0.05) is 17.1 Å². The third-order valence-corrected chi connectivity index (χ3v) is 2.62. The topological polar surface area (TPSA) is 12.9 Å². The van der Waals surface area contributed by atoms with E-state index in [1.807, 2.05) is 29.8 Å². The first-order chi connectivity index (χ1) is 6.40. The van der Waals surface area contributed by atoms with Gasteiger partial charge in [0.1, 0.15) is 5.01 Å². The smallest absolute Gasteiger partial charge is 0.123 e. The molecule has 0 spiro atoms. The van der Waals surface area contributed by atoms with Gasteiger partial charge in [-0.2, -0.15) is 0 Å². The quantitative estimate of drug-likeness (QED) is 0.701. The summed E-state index contributed by atoms with van der Waals surface area (Å²) in [4.78, 5) is 4.25. The standard InChI is InChI=1S/C11H9NS/c1-2-9-4-3-5-10(8-9)11-12-6-7-13-11/h2-8H,1H2. The second-order valence-corrected chi connectivity index (χ2v) is 3.56. The van der Waals surface area contributed by atoms with Crippen LogP contribution in [0.5, 0.6) is 0 Å². The Morgan fingerprint density at radius 1 is 1.38 bits per heavy atom. The Balaban J connectivity index is 2.47. The average molecular weight is 187 g/mol. The lowest BCUT2D eigenvalue weighted by molar-refractivity contribution is 1.41. The molecule has 64 valence electrons. The fourth-order valence-corrected chi connectivity index (χ4v) is 1.80. The van der Waals surface area contributed by atoms with E-state index in [1.54, 1.807) is 11.3 Å². The molecule has 1 nitrogen and oxygen atoms in total. The Kier molecular flexibility index (Phi) is 2.23. The molecule has 0 fully saturated rings. The van der Waals surface area contributed by atoms with Crippen LogP contribution in [0.1, 0.15) is 5.56 Å². The fraction of sp³-hybridized carbons (Fsp3) is 0. The lowest BCUT2D eigenvalue weighted by atomic mass is 10.1. The zero-order chi connectivity index (χ0) is 9.10. The summed E-state index contributed by atoms with van der Waals surface area (Å²) in [5, 5.41) is 3.04. The predicted molar refractivity (Wildman–Crippen MR) is 57.6 cm³/mol. The van der Waals surface area contributed by atoms with Gasteiger partial charge in [-0.3, -0.25) is 0 Å². The molecule has 13 heavy (non-hydrogen) atoms. The van der Waals surface area contributed by atoms with Crippen LogP contribution in [0.2, 0.25) is 0 Å². The summed E-state index contributed by atoms with van der Waals surface area (Å²) in [5.41, 5.74) is 2.29. The van der Waals surface area contributed by atoms with E-state index in [1.165, 1.54) is 0 Å². The van der Waals surface area contributed by atoms with Gasteiger partial charge in [0.15, 0.2) is 0 Å². The minimum atomic E-state index is 1.06. The number of hydrogen-bond acceptors (Lipinski definition) is 2. The number of aromatic nitrogens is 1. The summed E-state index contributed by atoms with van der Waals surface area (Å²) >= 11 is 1.65. The summed E-state index contributed by atoms with van der Waals surface area (Å²) in [6.45, 7) is 3.74. The average Bonchev–Trinajstić information content (AvgIpc) is 2.71. The van der Waals surface area contributed by atoms with E-state index in [0.29, 0.717) is 0 Å². The highest BCUT2D eigenvalue weighted by molar-refractivity contribution is 7.13. The van der Waals surface area contributed by atoms with Crippen LogP contribution in [-0.2, 0) is 0 Å². The van der Waals surface area contributed by atoms with Crippen LogP contribution in [0.15, 0.2) is 42.4 Å². The maximum Gasteiger partial charge on any atom is 0.123 e. The molecule has 0 unspecified atom stereocenters. The van der Waals surface area contributed by atoms with Gasteiger partial charge in [-0.1, -0.05) is 30.9 Å². The third-order valence-electron chi connectivity index (χ3n) is 1.80. The van der Waals surface area contributed by atoms with Crippen molar-refractivity contribution in [1.29, 1.82) is 0 Å². The van der Waals surface area contributed by atoms with Crippen molar-refractivity contribution in [2.75, 3.05) is 0 Å². The Morgan fingerprint density at radius 2 is 2.31 bits per heavy atom. The van der Waals surface area contributed by atoms with Crippen molar-refractivity contribution in [3.63, 3.8) is 0 Å². The molecule has 0 atom stereocenters. The number of hydrogen-bond donors (Lipinski definition) is 0. The highest BCUT2D eigenvalue weighted by atomic mass is 32.1. The summed E-state index contributed by atoms with van der Waals surface area (Å²) < 4.78 is 0. The van der Waals surface area contributed by atoms with Crippen molar-refractivity contribution >= 4 is 17.4 Å². The Morgan fingerprint density at radius 3 is 3.00 bits per heavy atom. The van der Waals surface area contributed by atoms with Crippen molar-refractivity contribution in [3.05, 3.63) is 48.0 Å². The second kappa shape index (κ2) is 3.54. The summed E-state index contributed by atoms with van der Waals surface area (Å²) in [6.07, 6.45) is 3.66. The first-order valence-corrected chi connectivity index (χ1v) is 4.90. The Hall–Kier alpha value is -1.41. The number of nitrogens with zero attached hydrogens (tertiary/aromatic N) is 1. The highest BCUT2D eigenvalue weighted by Crippen LogP contribution is 2.22. The summed E-state index contributed by atoms with van der Waals surface area (Å²) in [7, 11) is 0. The fourth-order valence-electron chi connectivity index (χ4n) is 1.16. The molecule has 0 saturated carbocycles. The lowest BCUT2D eigenvalue weighted by Crippen LogP contribution is -1.76. The Bertz CT molecular complexity index is 404. The maximum atomic E-state index is 4.25. The first kappa shape index (κ1) is 8.20. The molecule has 1 aromatic carbocycles. The van der Waals surface area contributed by atoms with Gasteiger partial charge < -0.3 is 0 Å². The molecule has 0 bridgehead atoms. The first-order valence-electron chi connectivity index (χ1n) is 4.02. The van der Waals surface area contributed by atoms with Gasteiger partial charge in [-0.05, 0) is 11.6 Å². The molecule has 2 rings (SSSR count). The van der Waals surface area contributed by atoms with Crippen molar-refractivity contribution in [1.82, 2.24) is 4.98 Å². The molecular formula is C11H9NS. The van der Waals surface area contributed by atoms with E-state index >= 15 is 0 Å². The molecule has 0 aliphatic heterocycles. The number of rotatable bonds is 2. The third kappa shape index (κ3) is 1.68. The summed E-state index contributed by atoms with van der Waals surface area (Å²) in [6, 6.07) is 8.20. The molecule has 0 saturated heterocycles. The van der Waals surface area contributed by atoms with Crippen LogP contribution in [0, 0.1) is 0 Å². The van der Waals surface area contributed by atoms with Gasteiger partial charge in [-0.25, -0.2) is 4.98 Å². The maximum absolute atomic E-state index is 4.25. The van der Waals surface area contributed by atoms with E-state index in [-0.39, 0.29) is 0 Å². The second-order valence-electron chi connectivity index (χ2n) is 2.67. The van der Waals surface area contributed by atoms with E-state index in [9.17, 15) is 0 Å². The molecule has 0 N–H and O–H groups in total. The van der Waals surface area contributed by atoms with Crippen molar-refractivity contribution in [2.45, 2.75) is 0 Å². The van der Waals surface area contributed by atoms with Crippen LogP contribution >= 0.6 is 11.3 Å². The van der Waals surface area contributed by atoms with Crippen LogP contribution in [0.4, 0.5) is 0 Å². The van der Waals surface area contributed by atoms with E-state index in [2.05, 4.69) is 23.7 Å². The van der Waals surface area contributed by atoms with Crippen molar-refractivity contribution < 1.29 is 0 Å². The molecule has 1 aromatic heterocycles. The zero-order valence-electron chi connectivity index (χ0n) is 7.10. The molecular weight excluding hydrogens is 178 g/mol. The summed E-state index contributed by atoms with van der Waals surface area (Å²) in [5.74, 6) is 0. The van der Waals surface area contributed by atoms with E-state index in [4.69, 9.17) is 0 Å². The Labute approximate surface area is 81.4 Å². The van der Waals surface area contributed by atoms with Crippen LogP contribution in [0.25, 0.3) is 16.6 Å². The molecule has 0 aliphatic carbocycles. The number of thiazole rings is 1. The largest absolute Gasteiger partial charge is 0.245 e. The van der Waals surface area contributed by atoms with Gasteiger partial charge in [-0.15, -0.1) is 11.3 Å². The minimum absolute atomic E-state index is 1.06. The highest BCUT2D eigenvalue weighted by Gasteiger charge is 1.98. The molecule has 0 aliphatic rings. The lowest BCUT2D eigenvalue weighted by Gasteiger charge is -1.97. The van der Waals surface area contributed by atoms with E-state index < -0.39 is 0 Å². The normalized spacial score (nSPS) is 9.85. The molecule has 0 amide bonds. The van der Waals surface area contributed by atoms with Crippen molar-refractivity contribution in [3.8, 4) is 10.6 Å². The zero-order valence-corrected chi connectivity index (χ0v) is 7.92. The SMILES string of the molecule is C=Cc1cccc(-c2nccs2)c1. The number of benzene rings is 1. The predicted octanol–water partition coefficient (Wildman–Crippen LogP) is 3.45. The van der Waals surface area contributed by atoms with Crippen molar-refractivity contribution in [2.24, 2.45) is 0 Å². The monoisotopic (exact) mass is 187 g/mol. The van der Waals surface area contributed by atoms with Gasteiger partial charge in [0.25, 0.3) is 0 Å². The molecule has 1 heterocycles. The minimum Gasteiger partial charge on any atom is -0.245 e. The van der Waals surface area contributed by atoms with Crippen LogP contribution in [0.3, 0.4) is 0 Å². The van der Waals surface area contributed by atoms with E-state index in [0.717, 1.165) is 16.1 Å². The van der Waals surface area contributed by atoms with Gasteiger partial charge >= 0.3 is 0 Å². The van der Waals surface area contributed by atoms with Crippen LogP contribution in [-0.4, -0.2) is 4.98 Å².